The smallest absolute Gasteiger partial charge is 0.337 e. The maximum atomic E-state index is 12.3. The molecular formula is C18H12Cl2O5. The largest absolute Gasteiger partial charge is 0.488 e. The minimum absolute atomic E-state index is 0.0644. The quantitative estimate of drug-likeness (QED) is 0.747. The second kappa shape index (κ2) is 6.50. The van der Waals surface area contributed by atoms with Crippen LogP contribution in [0.4, 0.5) is 0 Å². The number of benzene rings is 2. The van der Waals surface area contributed by atoms with E-state index >= 15 is 0 Å². The molecule has 0 amide bonds. The summed E-state index contributed by atoms with van der Waals surface area (Å²) in [5, 5.41) is 0.994. The van der Waals surface area contributed by atoms with E-state index < -0.39 is 5.97 Å². The van der Waals surface area contributed by atoms with Crippen LogP contribution in [0.2, 0.25) is 10.0 Å². The molecule has 0 N–H and O–H groups in total. The Morgan fingerprint density at radius 3 is 2.84 bits per heavy atom. The zero-order valence-corrected chi connectivity index (χ0v) is 14.4. The third-order valence-corrected chi connectivity index (χ3v) is 4.32. The fraction of sp³-hybridized carbons (Fsp3) is 0.167. The molecule has 0 bridgehead atoms. The topological polar surface area (TPSA) is 54.0 Å². The normalized spacial score (nSPS) is 14.4. The first-order valence-electron chi connectivity index (χ1n) is 7.48. The van der Waals surface area contributed by atoms with Crippen LogP contribution in [0.5, 0.6) is 17.2 Å². The summed E-state index contributed by atoms with van der Waals surface area (Å²) in [6, 6.07) is 8.66. The highest BCUT2D eigenvalue weighted by atomic mass is 35.5. The zero-order chi connectivity index (χ0) is 17.4. The Hall–Kier alpha value is -2.37. The first kappa shape index (κ1) is 16.1. The number of ether oxygens (including phenoxy) is 4. The van der Waals surface area contributed by atoms with Crippen molar-refractivity contribution in [1.29, 1.82) is 0 Å². The molecule has 7 heteroatoms. The molecule has 2 aliphatic rings. The van der Waals surface area contributed by atoms with Crippen LogP contribution in [0.1, 0.15) is 11.1 Å². The molecule has 2 aromatic carbocycles. The van der Waals surface area contributed by atoms with Gasteiger partial charge in [0.05, 0.1) is 10.6 Å². The van der Waals surface area contributed by atoms with Crippen LogP contribution >= 0.6 is 23.2 Å². The molecule has 0 saturated heterocycles. The van der Waals surface area contributed by atoms with Crippen LogP contribution < -0.4 is 14.2 Å². The Balaban J connectivity index is 1.47. The number of hydrogen-bond acceptors (Lipinski definition) is 5. The Morgan fingerprint density at radius 2 is 1.96 bits per heavy atom. The van der Waals surface area contributed by atoms with Gasteiger partial charge in [0.2, 0.25) is 6.79 Å². The molecule has 5 nitrogen and oxygen atoms in total. The first-order valence-corrected chi connectivity index (χ1v) is 8.24. The van der Waals surface area contributed by atoms with Gasteiger partial charge in [-0.1, -0.05) is 23.2 Å². The molecule has 2 aliphatic heterocycles. The Morgan fingerprint density at radius 1 is 1.08 bits per heavy atom. The van der Waals surface area contributed by atoms with Crippen molar-refractivity contribution < 1.29 is 23.7 Å². The fourth-order valence-electron chi connectivity index (χ4n) is 2.61. The minimum atomic E-state index is -0.459. The van der Waals surface area contributed by atoms with E-state index in [4.69, 9.17) is 42.1 Å². The minimum Gasteiger partial charge on any atom is -0.488 e. The number of esters is 1. The van der Waals surface area contributed by atoms with Crippen molar-refractivity contribution in [3.8, 4) is 17.2 Å². The Labute approximate surface area is 153 Å². The van der Waals surface area contributed by atoms with Crippen molar-refractivity contribution in [3.05, 3.63) is 57.1 Å². The molecule has 0 fully saturated rings. The summed E-state index contributed by atoms with van der Waals surface area (Å²) in [5.74, 6) is 1.28. The van der Waals surface area contributed by atoms with Gasteiger partial charge in [0.15, 0.2) is 11.5 Å². The summed E-state index contributed by atoms with van der Waals surface area (Å²) in [6.07, 6.45) is 1.72. The van der Waals surface area contributed by atoms with Gasteiger partial charge in [-0.05, 0) is 42.0 Å². The summed E-state index contributed by atoms with van der Waals surface area (Å²) in [5.41, 5.74) is 1.88. The van der Waals surface area contributed by atoms with Crippen molar-refractivity contribution in [3.63, 3.8) is 0 Å². The number of carbonyl (C=O) groups excluding carboxylic acids is 1. The number of carbonyl (C=O) groups is 1. The number of fused-ring (bicyclic) bond motifs is 2. The first-order chi connectivity index (χ1) is 12.1. The molecule has 2 heterocycles. The summed E-state index contributed by atoms with van der Waals surface area (Å²) in [7, 11) is 0. The van der Waals surface area contributed by atoms with Crippen LogP contribution in [-0.4, -0.2) is 19.4 Å². The average Bonchev–Trinajstić information content (AvgIpc) is 3.08. The van der Waals surface area contributed by atoms with E-state index in [1.165, 1.54) is 0 Å². The van der Waals surface area contributed by atoms with Gasteiger partial charge in [-0.2, -0.15) is 0 Å². The van der Waals surface area contributed by atoms with Gasteiger partial charge in [-0.25, -0.2) is 4.79 Å². The van der Waals surface area contributed by atoms with E-state index in [9.17, 15) is 4.79 Å². The van der Waals surface area contributed by atoms with E-state index in [2.05, 4.69) is 0 Å². The number of hydrogen-bond donors (Lipinski definition) is 0. The van der Waals surface area contributed by atoms with E-state index in [-0.39, 0.29) is 20.0 Å². The molecule has 0 atom stereocenters. The Kier molecular flexibility index (Phi) is 4.19. The summed E-state index contributed by atoms with van der Waals surface area (Å²) in [4.78, 5) is 12.3. The van der Waals surface area contributed by atoms with E-state index in [1.54, 1.807) is 36.4 Å². The highest BCUT2D eigenvalue weighted by Crippen LogP contribution is 2.40. The molecule has 0 saturated carbocycles. The van der Waals surface area contributed by atoms with Crippen molar-refractivity contribution in [2.45, 2.75) is 6.61 Å². The highest BCUT2D eigenvalue weighted by molar-refractivity contribution is 6.32. The Bertz CT molecular complexity index is 891. The lowest BCUT2D eigenvalue weighted by atomic mass is 10.1. The zero-order valence-electron chi connectivity index (χ0n) is 12.9. The van der Waals surface area contributed by atoms with Gasteiger partial charge in [-0.15, -0.1) is 0 Å². The number of rotatable bonds is 3. The van der Waals surface area contributed by atoms with E-state index in [0.717, 1.165) is 5.56 Å². The van der Waals surface area contributed by atoms with Gasteiger partial charge >= 0.3 is 5.97 Å². The van der Waals surface area contributed by atoms with Crippen molar-refractivity contribution >= 4 is 35.2 Å². The van der Waals surface area contributed by atoms with Gasteiger partial charge in [0.25, 0.3) is 0 Å². The van der Waals surface area contributed by atoms with Crippen LogP contribution in [0.25, 0.3) is 6.08 Å². The van der Waals surface area contributed by atoms with Gasteiger partial charge in [-0.3, -0.25) is 0 Å². The molecular weight excluding hydrogens is 367 g/mol. The second-order valence-electron chi connectivity index (χ2n) is 5.53. The monoisotopic (exact) mass is 378 g/mol. The molecule has 128 valence electrons. The maximum Gasteiger partial charge on any atom is 0.337 e. The van der Waals surface area contributed by atoms with Gasteiger partial charge in [0, 0.05) is 10.6 Å². The summed E-state index contributed by atoms with van der Waals surface area (Å²) >= 11 is 12.1. The summed E-state index contributed by atoms with van der Waals surface area (Å²) in [6.45, 7) is 0.342. The standard InChI is InChI=1S/C18H12Cl2O5/c19-13-1-2-15-11(6-13)5-12(8-22-15)18(21)23-7-10-3-14(20)17-16(4-10)24-9-25-17/h1-6H,7-9H2. The van der Waals surface area contributed by atoms with Crippen molar-refractivity contribution in [2.75, 3.05) is 13.4 Å². The third-order valence-electron chi connectivity index (χ3n) is 3.80. The molecule has 0 spiro atoms. The van der Waals surface area contributed by atoms with Crippen molar-refractivity contribution in [2.24, 2.45) is 0 Å². The SMILES string of the molecule is O=C(OCc1cc(Cl)c2c(c1)OCO2)C1=Cc2cc(Cl)ccc2OC1. The molecule has 0 unspecified atom stereocenters. The number of halogens is 2. The van der Waals surface area contributed by atoms with Crippen LogP contribution in [0.15, 0.2) is 35.9 Å². The predicted octanol–water partition coefficient (Wildman–Crippen LogP) is 4.24. The van der Waals surface area contributed by atoms with Gasteiger partial charge in [0.1, 0.15) is 19.0 Å². The maximum absolute atomic E-state index is 12.3. The lowest BCUT2D eigenvalue weighted by molar-refractivity contribution is -0.140. The van der Waals surface area contributed by atoms with Gasteiger partial charge < -0.3 is 18.9 Å². The van der Waals surface area contributed by atoms with E-state index in [0.29, 0.717) is 38.4 Å². The average molecular weight is 379 g/mol. The predicted molar refractivity (Wildman–Crippen MR) is 92.3 cm³/mol. The lowest BCUT2D eigenvalue weighted by Crippen LogP contribution is -2.17. The lowest BCUT2D eigenvalue weighted by Gasteiger charge is -2.17. The molecule has 4 rings (SSSR count). The van der Waals surface area contributed by atoms with E-state index in [1.807, 2.05) is 0 Å². The van der Waals surface area contributed by atoms with Crippen LogP contribution in [0.3, 0.4) is 0 Å². The summed E-state index contributed by atoms with van der Waals surface area (Å²) < 4.78 is 21.5. The molecule has 0 aliphatic carbocycles. The fourth-order valence-corrected chi connectivity index (χ4v) is 3.08. The van der Waals surface area contributed by atoms with Crippen molar-refractivity contribution in [1.82, 2.24) is 0 Å². The molecule has 25 heavy (non-hydrogen) atoms. The van der Waals surface area contributed by atoms with Crippen LogP contribution in [-0.2, 0) is 16.1 Å². The second-order valence-corrected chi connectivity index (χ2v) is 6.37. The molecule has 0 radical (unpaired) electrons. The van der Waals surface area contributed by atoms with Crippen LogP contribution in [0, 0.1) is 0 Å². The highest BCUT2D eigenvalue weighted by Gasteiger charge is 2.21. The molecule has 2 aromatic rings. The molecule has 0 aromatic heterocycles. The third kappa shape index (κ3) is 3.25.